The highest BCUT2D eigenvalue weighted by atomic mass is 14.9. The SMILES string of the molecule is Cc1ccc(Nc2ccc(/C=C/c3ccc(/C=C/c4ccc(Nc5ccc(C)cc5)cc4)cc3)cc2)cc1. The molecule has 0 bridgehead atoms. The van der Waals surface area contributed by atoms with E-state index in [9.17, 15) is 0 Å². The van der Waals surface area contributed by atoms with Gasteiger partial charge < -0.3 is 10.6 Å². The first kappa shape index (κ1) is 24.9. The van der Waals surface area contributed by atoms with Crippen molar-refractivity contribution in [1.82, 2.24) is 0 Å². The van der Waals surface area contributed by atoms with Crippen LogP contribution in [0.4, 0.5) is 22.7 Å². The Bertz CT molecular complexity index is 1390. The maximum Gasteiger partial charge on any atom is 0.0384 e. The van der Waals surface area contributed by atoms with E-state index in [1.807, 2.05) is 0 Å². The van der Waals surface area contributed by atoms with Gasteiger partial charge in [-0.3, -0.25) is 0 Å². The molecule has 0 radical (unpaired) electrons. The monoisotopic (exact) mass is 492 g/mol. The Morgan fingerprint density at radius 2 is 0.526 bits per heavy atom. The molecule has 0 aromatic heterocycles. The van der Waals surface area contributed by atoms with Gasteiger partial charge >= 0.3 is 0 Å². The molecule has 2 heteroatoms. The topological polar surface area (TPSA) is 24.1 Å². The minimum absolute atomic E-state index is 1.08. The first-order valence-electron chi connectivity index (χ1n) is 12.9. The van der Waals surface area contributed by atoms with E-state index in [4.69, 9.17) is 0 Å². The third kappa shape index (κ3) is 7.11. The molecule has 186 valence electrons. The summed E-state index contributed by atoms with van der Waals surface area (Å²) in [5.41, 5.74) is 11.6. The third-order valence-corrected chi connectivity index (χ3v) is 6.37. The van der Waals surface area contributed by atoms with Crippen molar-refractivity contribution in [3.63, 3.8) is 0 Å². The van der Waals surface area contributed by atoms with E-state index < -0.39 is 0 Å². The van der Waals surface area contributed by atoms with Crippen molar-refractivity contribution in [2.24, 2.45) is 0 Å². The summed E-state index contributed by atoms with van der Waals surface area (Å²) < 4.78 is 0. The molecule has 5 aromatic carbocycles. The lowest BCUT2D eigenvalue weighted by Crippen LogP contribution is -1.89. The van der Waals surface area contributed by atoms with Crippen LogP contribution in [0.5, 0.6) is 0 Å². The van der Waals surface area contributed by atoms with E-state index in [0.717, 1.165) is 22.7 Å². The van der Waals surface area contributed by atoms with Crippen molar-refractivity contribution < 1.29 is 0 Å². The van der Waals surface area contributed by atoms with Crippen molar-refractivity contribution in [1.29, 1.82) is 0 Å². The zero-order valence-corrected chi connectivity index (χ0v) is 21.9. The molecule has 5 rings (SSSR count). The largest absolute Gasteiger partial charge is 0.356 e. The van der Waals surface area contributed by atoms with E-state index in [1.54, 1.807) is 0 Å². The second-order valence-corrected chi connectivity index (χ2v) is 9.56. The summed E-state index contributed by atoms with van der Waals surface area (Å²) in [5.74, 6) is 0. The average molecular weight is 493 g/mol. The van der Waals surface area contributed by atoms with E-state index >= 15 is 0 Å². The van der Waals surface area contributed by atoms with Crippen LogP contribution >= 0.6 is 0 Å². The van der Waals surface area contributed by atoms with Gasteiger partial charge in [0.05, 0.1) is 0 Å². The lowest BCUT2D eigenvalue weighted by Gasteiger charge is -2.07. The van der Waals surface area contributed by atoms with Crippen LogP contribution in [0.1, 0.15) is 33.4 Å². The predicted molar refractivity (Wildman–Crippen MR) is 166 cm³/mol. The van der Waals surface area contributed by atoms with Gasteiger partial charge in [0, 0.05) is 22.7 Å². The van der Waals surface area contributed by atoms with E-state index in [1.165, 1.54) is 33.4 Å². The first-order chi connectivity index (χ1) is 18.6. The molecule has 0 aliphatic rings. The molecule has 0 saturated carbocycles. The first-order valence-corrected chi connectivity index (χ1v) is 12.9. The highest BCUT2D eigenvalue weighted by molar-refractivity contribution is 5.74. The van der Waals surface area contributed by atoms with Crippen LogP contribution in [0.3, 0.4) is 0 Å². The molecular formula is C36H32N2. The van der Waals surface area contributed by atoms with Crippen molar-refractivity contribution in [2.75, 3.05) is 10.6 Å². The normalized spacial score (nSPS) is 11.2. The van der Waals surface area contributed by atoms with Crippen LogP contribution in [-0.2, 0) is 0 Å². The number of hydrogen-bond acceptors (Lipinski definition) is 2. The van der Waals surface area contributed by atoms with Crippen LogP contribution in [0.15, 0.2) is 121 Å². The van der Waals surface area contributed by atoms with E-state index in [2.05, 4.69) is 170 Å². The zero-order chi connectivity index (χ0) is 26.2. The fraction of sp³-hybridized carbons (Fsp3) is 0.0556. The Morgan fingerprint density at radius 3 is 0.789 bits per heavy atom. The van der Waals surface area contributed by atoms with Gasteiger partial charge in [-0.1, -0.05) is 108 Å². The quantitative estimate of drug-likeness (QED) is 0.211. The molecule has 0 heterocycles. The molecule has 0 fully saturated rings. The second kappa shape index (κ2) is 11.9. The standard InChI is InChI=1S/C36H32N2/c1-27-3-19-33(20-4-27)37-35-23-15-31(16-24-35)13-11-29-7-9-30(10-8-29)12-14-32-17-25-36(26-18-32)38-34-21-5-28(2)6-22-34/h3-26,37-38H,1-2H3/b13-11+,14-12+. The molecule has 2 N–H and O–H groups in total. The second-order valence-electron chi connectivity index (χ2n) is 9.56. The molecular weight excluding hydrogens is 460 g/mol. The molecule has 0 aliphatic carbocycles. The van der Waals surface area contributed by atoms with Gasteiger partial charge in [0.25, 0.3) is 0 Å². The number of rotatable bonds is 8. The average Bonchev–Trinajstić information content (AvgIpc) is 2.95. The molecule has 0 aliphatic heterocycles. The minimum atomic E-state index is 1.08. The lowest BCUT2D eigenvalue weighted by molar-refractivity contribution is 1.45. The van der Waals surface area contributed by atoms with Crippen LogP contribution in [0.25, 0.3) is 24.3 Å². The fourth-order valence-corrected chi connectivity index (χ4v) is 4.07. The number of hydrogen-bond donors (Lipinski definition) is 2. The Kier molecular flexibility index (Phi) is 7.81. The smallest absolute Gasteiger partial charge is 0.0384 e. The summed E-state index contributed by atoms with van der Waals surface area (Å²) >= 11 is 0. The maximum atomic E-state index is 3.44. The van der Waals surface area contributed by atoms with E-state index in [-0.39, 0.29) is 0 Å². The highest BCUT2D eigenvalue weighted by Crippen LogP contribution is 2.20. The van der Waals surface area contributed by atoms with Crippen LogP contribution in [-0.4, -0.2) is 0 Å². The van der Waals surface area contributed by atoms with E-state index in [0.29, 0.717) is 0 Å². The Labute approximate surface area is 226 Å². The molecule has 0 atom stereocenters. The zero-order valence-electron chi connectivity index (χ0n) is 21.9. The summed E-state index contributed by atoms with van der Waals surface area (Å²) in [6, 6.07) is 42.4. The molecule has 0 spiro atoms. The Hall–Kier alpha value is -4.82. The maximum absolute atomic E-state index is 3.44. The number of aryl methyl sites for hydroxylation is 2. The molecule has 2 nitrogen and oxygen atoms in total. The van der Waals surface area contributed by atoms with Crippen molar-refractivity contribution in [2.45, 2.75) is 13.8 Å². The Balaban J connectivity index is 1.14. The van der Waals surface area contributed by atoms with Gasteiger partial charge in [0.1, 0.15) is 0 Å². The lowest BCUT2D eigenvalue weighted by atomic mass is 10.1. The van der Waals surface area contributed by atoms with Gasteiger partial charge in [0.15, 0.2) is 0 Å². The fourth-order valence-electron chi connectivity index (χ4n) is 4.07. The van der Waals surface area contributed by atoms with Crippen molar-refractivity contribution in [3.8, 4) is 0 Å². The van der Waals surface area contributed by atoms with Crippen molar-refractivity contribution >= 4 is 47.1 Å². The van der Waals surface area contributed by atoms with Gasteiger partial charge in [-0.05, 0) is 84.6 Å². The summed E-state index contributed by atoms with van der Waals surface area (Å²) in [6.45, 7) is 4.20. The van der Waals surface area contributed by atoms with Gasteiger partial charge in [-0.15, -0.1) is 0 Å². The Morgan fingerprint density at radius 1 is 0.316 bits per heavy atom. The van der Waals surface area contributed by atoms with Gasteiger partial charge in [-0.25, -0.2) is 0 Å². The summed E-state index contributed by atoms with van der Waals surface area (Å²) in [5, 5.41) is 6.88. The third-order valence-electron chi connectivity index (χ3n) is 6.37. The number of nitrogens with one attached hydrogen (secondary N) is 2. The van der Waals surface area contributed by atoms with Gasteiger partial charge in [-0.2, -0.15) is 0 Å². The number of benzene rings is 5. The summed E-state index contributed by atoms with van der Waals surface area (Å²) in [7, 11) is 0. The van der Waals surface area contributed by atoms with Crippen molar-refractivity contribution in [3.05, 3.63) is 155 Å². The summed E-state index contributed by atoms with van der Waals surface area (Å²) in [4.78, 5) is 0. The van der Waals surface area contributed by atoms with Crippen LogP contribution in [0, 0.1) is 13.8 Å². The van der Waals surface area contributed by atoms with Crippen LogP contribution < -0.4 is 10.6 Å². The molecule has 0 saturated heterocycles. The number of anilines is 4. The highest BCUT2D eigenvalue weighted by Gasteiger charge is 1.97. The molecule has 5 aromatic rings. The van der Waals surface area contributed by atoms with Crippen LogP contribution in [0.2, 0.25) is 0 Å². The summed E-state index contributed by atoms with van der Waals surface area (Å²) in [6.07, 6.45) is 8.59. The predicted octanol–water partition coefficient (Wildman–Crippen LogP) is 10.1. The molecule has 0 amide bonds. The molecule has 38 heavy (non-hydrogen) atoms. The molecule has 0 unspecified atom stereocenters. The van der Waals surface area contributed by atoms with Gasteiger partial charge in [0.2, 0.25) is 0 Å². The minimum Gasteiger partial charge on any atom is -0.356 e.